The first kappa shape index (κ1) is 13.4. The molecule has 0 atom stereocenters. The highest BCUT2D eigenvalue weighted by Crippen LogP contribution is 2.22. The number of thioether (sulfide) groups is 1. The van der Waals surface area contributed by atoms with Gasteiger partial charge in [-0.2, -0.15) is 0 Å². The fourth-order valence-corrected chi connectivity index (χ4v) is 2.54. The molecule has 2 heterocycles. The summed E-state index contributed by atoms with van der Waals surface area (Å²) in [6.07, 6.45) is 1.54. The number of furan rings is 1. The van der Waals surface area contributed by atoms with Crippen LogP contribution in [0.3, 0.4) is 0 Å². The number of nitrogen functional groups attached to an aromatic ring is 1. The number of benzene rings is 1. The number of carbonyl (C=O) groups is 1. The Bertz CT molecular complexity index is 738. The van der Waals surface area contributed by atoms with Gasteiger partial charge in [-0.3, -0.25) is 4.79 Å². The van der Waals surface area contributed by atoms with Crippen molar-refractivity contribution >= 4 is 17.5 Å². The second kappa shape index (κ2) is 5.84. The molecule has 2 aromatic heterocycles. The van der Waals surface area contributed by atoms with Gasteiger partial charge in [-0.15, -0.1) is 10.2 Å². The highest BCUT2D eigenvalue weighted by molar-refractivity contribution is 7.99. The van der Waals surface area contributed by atoms with Crippen LogP contribution in [0.4, 0.5) is 0 Å². The van der Waals surface area contributed by atoms with Crippen molar-refractivity contribution in [3.05, 3.63) is 54.3 Å². The lowest BCUT2D eigenvalue weighted by molar-refractivity contribution is 0.102. The zero-order valence-corrected chi connectivity index (χ0v) is 11.8. The van der Waals surface area contributed by atoms with Crippen LogP contribution in [0.15, 0.2) is 58.3 Å². The van der Waals surface area contributed by atoms with E-state index in [2.05, 4.69) is 10.2 Å². The van der Waals surface area contributed by atoms with E-state index in [4.69, 9.17) is 10.3 Å². The number of Topliss-reactive ketones (excluding diaryl/α,β-unsaturated/α-hetero) is 1. The van der Waals surface area contributed by atoms with Gasteiger partial charge in [0.15, 0.2) is 11.5 Å². The molecule has 6 nitrogen and oxygen atoms in total. The molecule has 0 unspecified atom stereocenters. The van der Waals surface area contributed by atoms with E-state index in [1.54, 1.807) is 24.3 Å². The van der Waals surface area contributed by atoms with Crippen molar-refractivity contribution < 1.29 is 9.21 Å². The molecule has 3 rings (SSSR count). The molecule has 0 aliphatic heterocycles. The fraction of sp³-hybridized carbons (Fsp3) is 0.0714. The molecule has 0 fully saturated rings. The molecule has 0 bridgehead atoms. The molecule has 7 heteroatoms. The fourth-order valence-electron chi connectivity index (χ4n) is 1.79. The number of carbonyl (C=O) groups excluding carboxylic acids is 1. The molecule has 3 aromatic rings. The number of rotatable bonds is 5. The van der Waals surface area contributed by atoms with Gasteiger partial charge >= 0.3 is 0 Å². The Morgan fingerprint density at radius 3 is 2.71 bits per heavy atom. The summed E-state index contributed by atoms with van der Waals surface area (Å²) in [5.74, 6) is 7.14. The minimum atomic E-state index is 0.0168. The van der Waals surface area contributed by atoms with E-state index in [1.807, 2.05) is 18.2 Å². The van der Waals surface area contributed by atoms with Gasteiger partial charge in [0.1, 0.15) is 0 Å². The molecule has 0 saturated carbocycles. The molecular formula is C14H12N4O2S. The maximum Gasteiger partial charge on any atom is 0.218 e. The van der Waals surface area contributed by atoms with Crippen molar-refractivity contribution in [2.24, 2.45) is 0 Å². The maximum absolute atomic E-state index is 12.0. The average Bonchev–Trinajstić information content (AvgIpc) is 3.15. The molecular weight excluding hydrogens is 288 g/mol. The number of aromatic nitrogens is 3. The quantitative estimate of drug-likeness (QED) is 0.442. The van der Waals surface area contributed by atoms with Crippen molar-refractivity contribution in [3.8, 4) is 11.6 Å². The normalized spacial score (nSPS) is 10.7. The van der Waals surface area contributed by atoms with E-state index < -0.39 is 0 Å². The predicted octanol–water partition coefficient (Wildman–Crippen LogP) is 2.23. The second-order valence-corrected chi connectivity index (χ2v) is 5.17. The summed E-state index contributed by atoms with van der Waals surface area (Å²) in [6, 6.07) is 12.6. The zero-order chi connectivity index (χ0) is 14.7. The third-order valence-corrected chi connectivity index (χ3v) is 3.78. The first-order valence-electron chi connectivity index (χ1n) is 6.21. The number of nitrogens with zero attached hydrogens (tertiary/aromatic N) is 3. The van der Waals surface area contributed by atoms with Crippen LogP contribution in [0.25, 0.3) is 11.6 Å². The highest BCUT2D eigenvalue weighted by Gasteiger charge is 2.15. The van der Waals surface area contributed by atoms with Crippen molar-refractivity contribution in [1.82, 2.24) is 14.9 Å². The maximum atomic E-state index is 12.0. The molecule has 21 heavy (non-hydrogen) atoms. The van der Waals surface area contributed by atoms with E-state index in [0.717, 1.165) is 0 Å². The largest absolute Gasteiger partial charge is 0.461 e. The Labute approximate surface area is 124 Å². The van der Waals surface area contributed by atoms with Crippen molar-refractivity contribution in [2.75, 3.05) is 11.6 Å². The lowest BCUT2D eigenvalue weighted by atomic mass is 10.2. The topological polar surface area (TPSA) is 86.9 Å². The van der Waals surface area contributed by atoms with E-state index in [9.17, 15) is 4.79 Å². The van der Waals surface area contributed by atoms with Crippen LogP contribution in [0.5, 0.6) is 0 Å². The average molecular weight is 300 g/mol. The number of ketones is 1. The van der Waals surface area contributed by atoms with Crippen LogP contribution < -0.4 is 5.84 Å². The molecule has 0 saturated heterocycles. The van der Waals surface area contributed by atoms with E-state index >= 15 is 0 Å². The molecule has 0 radical (unpaired) electrons. The monoisotopic (exact) mass is 300 g/mol. The SMILES string of the molecule is Nn1c(SCC(=O)c2ccccc2)nnc1-c1ccco1. The molecule has 2 N–H and O–H groups in total. The molecule has 0 aliphatic carbocycles. The molecule has 0 amide bonds. The van der Waals surface area contributed by atoms with Crippen molar-refractivity contribution in [3.63, 3.8) is 0 Å². The number of hydrogen-bond donors (Lipinski definition) is 1. The van der Waals surface area contributed by atoms with Crippen LogP contribution in [-0.4, -0.2) is 26.4 Å². The van der Waals surface area contributed by atoms with E-state index in [0.29, 0.717) is 22.3 Å². The summed E-state index contributed by atoms with van der Waals surface area (Å²) >= 11 is 1.24. The third kappa shape index (κ3) is 2.82. The minimum absolute atomic E-state index is 0.0168. The van der Waals surface area contributed by atoms with Gasteiger partial charge in [0, 0.05) is 5.56 Å². The van der Waals surface area contributed by atoms with Gasteiger partial charge in [-0.1, -0.05) is 42.1 Å². The minimum Gasteiger partial charge on any atom is -0.461 e. The van der Waals surface area contributed by atoms with Gasteiger partial charge in [0.25, 0.3) is 0 Å². The van der Waals surface area contributed by atoms with Crippen LogP contribution in [-0.2, 0) is 0 Å². The zero-order valence-electron chi connectivity index (χ0n) is 11.0. The summed E-state index contributed by atoms with van der Waals surface area (Å²) in [6.45, 7) is 0. The summed E-state index contributed by atoms with van der Waals surface area (Å²) < 4.78 is 6.55. The van der Waals surface area contributed by atoms with Crippen LogP contribution >= 0.6 is 11.8 Å². The predicted molar refractivity (Wildman–Crippen MR) is 79.4 cm³/mol. The summed E-state index contributed by atoms with van der Waals surface area (Å²) in [5, 5.41) is 8.41. The van der Waals surface area contributed by atoms with Gasteiger partial charge in [0.2, 0.25) is 11.0 Å². The van der Waals surface area contributed by atoms with Crippen LogP contribution in [0, 0.1) is 0 Å². The Morgan fingerprint density at radius 1 is 1.19 bits per heavy atom. The smallest absolute Gasteiger partial charge is 0.218 e. The van der Waals surface area contributed by atoms with Gasteiger partial charge < -0.3 is 10.3 Å². The number of nitrogens with two attached hydrogens (primary N) is 1. The van der Waals surface area contributed by atoms with Crippen LogP contribution in [0.2, 0.25) is 0 Å². The molecule has 0 aliphatic rings. The Balaban J connectivity index is 1.71. The third-order valence-electron chi connectivity index (χ3n) is 2.83. The Morgan fingerprint density at radius 2 is 2.00 bits per heavy atom. The summed E-state index contributed by atoms with van der Waals surface area (Å²) in [5.41, 5.74) is 0.666. The van der Waals surface area contributed by atoms with Crippen molar-refractivity contribution in [1.29, 1.82) is 0 Å². The Hall–Kier alpha value is -2.54. The lowest BCUT2D eigenvalue weighted by Gasteiger charge is -2.02. The summed E-state index contributed by atoms with van der Waals surface area (Å²) in [4.78, 5) is 12.0. The Kier molecular flexibility index (Phi) is 3.74. The van der Waals surface area contributed by atoms with E-state index in [1.165, 1.54) is 22.7 Å². The standard InChI is InChI=1S/C14H12N4O2S/c15-18-13(12-7-4-8-20-12)16-17-14(18)21-9-11(19)10-5-2-1-3-6-10/h1-8H,9,15H2. The summed E-state index contributed by atoms with van der Waals surface area (Å²) in [7, 11) is 0. The van der Waals surface area contributed by atoms with Gasteiger partial charge in [-0.25, -0.2) is 4.68 Å². The van der Waals surface area contributed by atoms with Crippen LogP contribution in [0.1, 0.15) is 10.4 Å². The van der Waals surface area contributed by atoms with E-state index in [-0.39, 0.29) is 11.5 Å². The first-order chi connectivity index (χ1) is 10.3. The number of hydrogen-bond acceptors (Lipinski definition) is 6. The molecule has 1 aromatic carbocycles. The van der Waals surface area contributed by atoms with Gasteiger partial charge in [-0.05, 0) is 12.1 Å². The second-order valence-electron chi connectivity index (χ2n) is 4.23. The van der Waals surface area contributed by atoms with Crippen molar-refractivity contribution in [2.45, 2.75) is 5.16 Å². The first-order valence-corrected chi connectivity index (χ1v) is 7.19. The molecule has 0 spiro atoms. The lowest BCUT2D eigenvalue weighted by Crippen LogP contribution is -2.12. The van der Waals surface area contributed by atoms with Gasteiger partial charge in [0.05, 0.1) is 12.0 Å². The highest BCUT2D eigenvalue weighted by atomic mass is 32.2. The molecule has 106 valence electrons.